The van der Waals surface area contributed by atoms with Crippen molar-refractivity contribution in [3.05, 3.63) is 53.2 Å². The van der Waals surface area contributed by atoms with Gasteiger partial charge < -0.3 is 9.47 Å². The molecule has 2 rings (SSSR count). The van der Waals surface area contributed by atoms with Gasteiger partial charge in [-0.05, 0) is 25.5 Å². The molecule has 0 saturated carbocycles. The zero-order chi connectivity index (χ0) is 16.1. The molecule has 0 N–H and O–H groups in total. The molecule has 2 aromatic rings. The number of allylic oxidation sites excluding steroid dienone is 1. The summed E-state index contributed by atoms with van der Waals surface area (Å²) in [5.41, 5.74) is 2.23. The van der Waals surface area contributed by atoms with Crippen LogP contribution >= 0.6 is 0 Å². The Kier molecular flexibility index (Phi) is 4.88. The van der Waals surface area contributed by atoms with E-state index in [1.54, 1.807) is 13.0 Å². The van der Waals surface area contributed by atoms with Crippen molar-refractivity contribution in [2.75, 3.05) is 7.11 Å². The summed E-state index contributed by atoms with van der Waals surface area (Å²) in [6.07, 6.45) is 2.90. The summed E-state index contributed by atoms with van der Waals surface area (Å²) in [5, 5.41) is 0.867. The highest BCUT2D eigenvalue weighted by molar-refractivity contribution is 5.98. The summed E-state index contributed by atoms with van der Waals surface area (Å²) < 4.78 is 9.94. The summed E-state index contributed by atoms with van der Waals surface area (Å²) in [5.74, 6) is -0.973. The number of hydrogen-bond acceptors (Lipinski definition) is 5. The Morgan fingerprint density at radius 2 is 2.00 bits per heavy atom. The van der Waals surface area contributed by atoms with Crippen LogP contribution in [0.3, 0.4) is 0 Å². The Balaban J connectivity index is 2.50. The van der Waals surface area contributed by atoms with Gasteiger partial charge in [-0.2, -0.15) is 0 Å². The fourth-order valence-electron chi connectivity index (χ4n) is 2.24. The number of para-hydroxylation sites is 1. The molecule has 5 nitrogen and oxygen atoms in total. The summed E-state index contributed by atoms with van der Waals surface area (Å²) in [6, 6.07) is 7.48. The summed E-state index contributed by atoms with van der Waals surface area (Å²) in [6.45, 7) is 3.46. The Morgan fingerprint density at radius 1 is 1.27 bits per heavy atom. The number of pyridine rings is 1. The van der Waals surface area contributed by atoms with Gasteiger partial charge in [0.15, 0.2) is 0 Å². The summed E-state index contributed by atoms with van der Waals surface area (Å²) in [4.78, 5) is 28.0. The molecule has 0 unspecified atom stereocenters. The van der Waals surface area contributed by atoms with Gasteiger partial charge in [-0.1, -0.05) is 24.3 Å². The Labute approximate surface area is 128 Å². The Hall–Kier alpha value is -2.69. The van der Waals surface area contributed by atoms with Gasteiger partial charge in [0, 0.05) is 11.5 Å². The molecule has 0 radical (unpaired) electrons. The zero-order valence-electron chi connectivity index (χ0n) is 12.8. The molecule has 1 aromatic heterocycles. The maximum absolute atomic E-state index is 12.1. The number of aryl methyl sites for hydroxylation is 1. The summed E-state index contributed by atoms with van der Waals surface area (Å²) >= 11 is 0. The van der Waals surface area contributed by atoms with E-state index in [1.807, 2.05) is 31.2 Å². The number of methoxy groups -OCH3 is 1. The molecule has 0 atom stereocenters. The van der Waals surface area contributed by atoms with Gasteiger partial charge >= 0.3 is 11.9 Å². The summed E-state index contributed by atoms with van der Waals surface area (Å²) in [7, 11) is 1.31. The molecule has 0 aliphatic carbocycles. The van der Waals surface area contributed by atoms with Crippen LogP contribution in [0.4, 0.5) is 0 Å². The average molecular weight is 299 g/mol. The van der Waals surface area contributed by atoms with Crippen molar-refractivity contribution < 1.29 is 19.1 Å². The van der Waals surface area contributed by atoms with E-state index < -0.39 is 11.9 Å². The van der Waals surface area contributed by atoms with Crippen LogP contribution < -0.4 is 0 Å². The van der Waals surface area contributed by atoms with Crippen molar-refractivity contribution >= 4 is 22.8 Å². The van der Waals surface area contributed by atoms with E-state index in [9.17, 15) is 9.59 Å². The van der Waals surface area contributed by atoms with E-state index in [0.29, 0.717) is 11.3 Å². The lowest BCUT2D eigenvalue weighted by molar-refractivity contribution is -0.139. The van der Waals surface area contributed by atoms with Crippen LogP contribution in [0.15, 0.2) is 36.4 Å². The second-order valence-corrected chi connectivity index (χ2v) is 4.67. The minimum absolute atomic E-state index is 0.0840. The standard InChI is InChI=1S/C17H17NO4/c1-4-7-15(19)22-10-14-16(17(20)21-3)11(2)12-8-5-6-9-13(12)18-14/h4-9H,10H2,1-3H3/b7-4+. The molecule has 0 bridgehead atoms. The van der Waals surface area contributed by atoms with Crippen LogP contribution in [0.5, 0.6) is 0 Å². The quantitative estimate of drug-likeness (QED) is 0.641. The average Bonchev–Trinajstić information content (AvgIpc) is 2.52. The Bertz CT molecular complexity index is 750. The maximum atomic E-state index is 12.1. The highest BCUT2D eigenvalue weighted by Gasteiger charge is 2.20. The SMILES string of the molecule is C/C=C/C(=O)OCc1nc2ccccc2c(C)c1C(=O)OC. The molecule has 0 fully saturated rings. The monoisotopic (exact) mass is 299 g/mol. The van der Waals surface area contributed by atoms with Crippen LogP contribution in [0, 0.1) is 6.92 Å². The highest BCUT2D eigenvalue weighted by atomic mass is 16.5. The molecule has 1 aromatic carbocycles. The first kappa shape index (κ1) is 15.7. The molecule has 1 heterocycles. The van der Waals surface area contributed by atoms with Crippen molar-refractivity contribution in [2.45, 2.75) is 20.5 Å². The van der Waals surface area contributed by atoms with Gasteiger partial charge in [-0.3, -0.25) is 0 Å². The fraction of sp³-hybridized carbons (Fsp3) is 0.235. The lowest BCUT2D eigenvalue weighted by Gasteiger charge is -2.13. The topological polar surface area (TPSA) is 65.5 Å². The number of aromatic nitrogens is 1. The number of carbonyl (C=O) groups is 2. The van der Waals surface area contributed by atoms with Crippen LogP contribution in [0.1, 0.15) is 28.5 Å². The molecule has 114 valence electrons. The number of fused-ring (bicyclic) bond motifs is 1. The molecular formula is C17H17NO4. The Morgan fingerprint density at radius 3 is 2.68 bits per heavy atom. The van der Waals surface area contributed by atoms with Gasteiger partial charge in [-0.25, -0.2) is 14.6 Å². The van der Waals surface area contributed by atoms with E-state index in [2.05, 4.69) is 4.98 Å². The second kappa shape index (κ2) is 6.85. The number of hydrogen-bond donors (Lipinski definition) is 0. The van der Waals surface area contributed by atoms with Crippen LogP contribution in [0.25, 0.3) is 10.9 Å². The first-order chi connectivity index (χ1) is 10.6. The zero-order valence-corrected chi connectivity index (χ0v) is 12.8. The van der Waals surface area contributed by atoms with E-state index in [-0.39, 0.29) is 6.61 Å². The number of carbonyl (C=O) groups excluding carboxylic acids is 2. The minimum atomic E-state index is -0.493. The van der Waals surface area contributed by atoms with Crippen LogP contribution in [-0.2, 0) is 20.9 Å². The van der Waals surface area contributed by atoms with Gasteiger partial charge in [0.25, 0.3) is 0 Å². The third-order valence-electron chi connectivity index (χ3n) is 3.27. The smallest absolute Gasteiger partial charge is 0.340 e. The number of benzene rings is 1. The van der Waals surface area contributed by atoms with Gasteiger partial charge in [-0.15, -0.1) is 0 Å². The molecule has 0 amide bonds. The number of rotatable bonds is 4. The lowest BCUT2D eigenvalue weighted by atomic mass is 10.0. The number of ether oxygens (including phenoxy) is 2. The normalized spacial score (nSPS) is 10.9. The largest absolute Gasteiger partial charge is 0.465 e. The predicted molar refractivity (Wildman–Crippen MR) is 82.4 cm³/mol. The van der Waals surface area contributed by atoms with Crippen LogP contribution in [-0.4, -0.2) is 24.0 Å². The molecule has 0 aliphatic rings. The lowest BCUT2D eigenvalue weighted by Crippen LogP contribution is -2.13. The first-order valence-electron chi connectivity index (χ1n) is 6.84. The predicted octanol–water partition coefficient (Wildman–Crippen LogP) is 2.95. The number of esters is 2. The molecule has 0 aliphatic heterocycles. The fourth-order valence-corrected chi connectivity index (χ4v) is 2.24. The van der Waals surface area contributed by atoms with Crippen LogP contribution in [0.2, 0.25) is 0 Å². The number of nitrogens with zero attached hydrogens (tertiary/aromatic N) is 1. The van der Waals surface area contributed by atoms with E-state index in [0.717, 1.165) is 16.5 Å². The van der Waals surface area contributed by atoms with Gasteiger partial charge in [0.05, 0.1) is 23.9 Å². The van der Waals surface area contributed by atoms with Crippen molar-refractivity contribution in [2.24, 2.45) is 0 Å². The second-order valence-electron chi connectivity index (χ2n) is 4.67. The van der Waals surface area contributed by atoms with Crippen molar-refractivity contribution in [1.82, 2.24) is 4.98 Å². The van der Waals surface area contributed by atoms with Crippen molar-refractivity contribution in [3.8, 4) is 0 Å². The molecule has 5 heteroatoms. The maximum Gasteiger partial charge on any atom is 0.340 e. The van der Waals surface area contributed by atoms with E-state index in [1.165, 1.54) is 13.2 Å². The highest BCUT2D eigenvalue weighted by Crippen LogP contribution is 2.24. The molecule has 22 heavy (non-hydrogen) atoms. The van der Waals surface area contributed by atoms with Crippen molar-refractivity contribution in [3.63, 3.8) is 0 Å². The molecule has 0 saturated heterocycles. The third-order valence-corrected chi connectivity index (χ3v) is 3.27. The molecule has 0 spiro atoms. The van der Waals surface area contributed by atoms with Crippen molar-refractivity contribution in [1.29, 1.82) is 0 Å². The first-order valence-corrected chi connectivity index (χ1v) is 6.84. The minimum Gasteiger partial charge on any atom is -0.465 e. The third kappa shape index (κ3) is 3.14. The van der Waals surface area contributed by atoms with Gasteiger partial charge in [0.2, 0.25) is 0 Å². The van der Waals surface area contributed by atoms with E-state index in [4.69, 9.17) is 9.47 Å². The van der Waals surface area contributed by atoms with E-state index >= 15 is 0 Å². The van der Waals surface area contributed by atoms with Gasteiger partial charge in [0.1, 0.15) is 6.61 Å². The molecular weight excluding hydrogens is 282 g/mol.